The fraction of sp³-hybridized carbons (Fsp3) is 0.429. The van der Waals surface area contributed by atoms with Gasteiger partial charge in [-0.15, -0.1) is 5.10 Å². The Morgan fingerprint density at radius 3 is 2.57 bits per heavy atom. The molecule has 7 heteroatoms. The van der Waals surface area contributed by atoms with Crippen molar-refractivity contribution < 1.29 is 13.2 Å². The van der Waals surface area contributed by atoms with E-state index in [1.54, 1.807) is 0 Å². The summed E-state index contributed by atoms with van der Waals surface area (Å²) < 4.78 is 43.3. The normalized spacial score (nSPS) is 24.3. The highest BCUT2D eigenvalue weighted by atomic mass is 32.2. The van der Waals surface area contributed by atoms with Crippen molar-refractivity contribution in [1.29, 1.82) is 0 Å². The lowest BCUT2D eigenvalue weighted by Crippen LogP contribution is -2.11. The van der Waals surface area contributed by atoms with E-state index in [0.29, 0.717) is 10.4 Å². The molecule has 0 saturated heterocycles. The van der Waals surface area contributed by atoms with E-state index in [2.05, 4.69) is 10.1 Å². The highest BCUT2D eigenvalue weighted by molar-refractivity contribution is 8.00. The number of nitrogens with zero attached hydrogens (tertiary/aromatic N) is 3. The summed E-state index contributed by atoms with van der Waals surface area (Å²) >= 11 is 1.50. The molecule has 2 aliphatic rings. The average Bonchev–Trinajstić information content (AvgIpc) is 3.06. The lowest BCUT2D eigenvalue weighted by Gasteiger charge is -2.13. The molecule has 1 aliphatic carbocycles. The minimum absolute atomic E-state index is 0.0262. The number of fused-ring (bicyclic) bond motifs is 1. The molecule has 1 fully saturated rings. The van der Waals surface area contributed by atoms with Gasteiger partial charge in [0.2, 0.25) is 5.16 Å². The third-order valence-corrected chi connectivity index (χ3v) is 4.96. The SMILES string of the molecule is Fc1cccc(F)c1C1CC(F)c2nc(SC3CC3)nn21. The molecular formula is C14H12F3N3S. The van der Waals surface area contributed by atoms with Gasteiger partial charge in [-0.2, -0.15) is 0 Å². The quantitative estimate of drug-likeness (QED) is 0.863. The number of thioether (sulfide) groups is 1. The first-order valence-electron chi connectivity index (χ1n) is 6.84. The van der Waals surface area contributed by atoms with Gasteiger partial charge in [0.1, 0.15) is 11.6 Å². The molecule has 0 N–H and O–H groups in total. The molecule has 1 aromatic carbocycles. The molecule has 0 bridgehead atoms. The van der Waals surface area contributed by atoms with Crippen molar-refractivity contribution in [2.45, 2.75) is 41.9 Å². The van der Waals surface area contributed by atoms with E-state index in [4.69, 9.17) is 0 Å². The van der Waals surface area contributed by atoms with Gasteiger partial charge in [0.05, 0.1) is 6.04 Å². The van der Waals surface area contributed by atoms with Crippen LogP contribution in [-0.2, 0) is 0 Å². The maximum absolute atomic E-state index is 14.1. The first kappa shape index (κ1) is 13.2. The van der Waals surface area contributed by atoms with Gasteiger partial charge in [-0.3, -0.25) is 0 Å². The van der Waals surface area contributed by atoms with Gasteiger partial charge in [-0.1, -0.05) is 17.8 Å². The Morgan fingerprint density at radius 1 is 1.19 bits per heavy atom. The molecular weight excluding hydrogens is 299 g/mol. The molecule has 2 aromatic rings. The Hall–Kier alpha value is -1.50. The van der Waals surface area contributed by atoms with Crippen LogP contribution in [0.1, 0.15) is 42.9 Å². The predicted octanol–water partition coefficient (Wildman–Crippen LogP) is 3.81. The van der Waals surface area contributed by atoms with E-state index in [1.165, 1.54) is 34.6 Å². The maximum atomic E-state index is 14.1. The van der Waals surface area contributed by atoms with Gasteiger partial charge in [-0.05, 0) is 25.0 Å². The second-order valence-corrected chi connectivity index (χ2v) is 6.64. The van der Waals surface area contributed by atoms with Crippen LogP contribution in [0.2, 0.25) is 0 Å². The smallest absolute Gasteiger partial charge is 0.209 e. The van der Waals surface area contributed by atoms with E-state index in [9.17, 15) is 13.2 Å². The Bertz CT molecular complexity index is 679. The van der Waals surface area contributed by atoms with Gasteiger partial charge in [0.25, 0.3) is 0 Å². The van der Waals surface area contributed by atoms with Gasteiger partial charge >= 0.3 is 0 Å². The summed E-state index contributed by atoms with van der Waals surface area (Å²) in [5.74, 6) is -1.18. The van der Waals surface area contributed by atoms with Crippen molar-refractivity contribution in [2.75, 3.05) is 0 Å². The number of benzene rings is 1. The van der Waals surface area contributed by atoms with Crippen molar-refractivity contribution in [2.24, 2.45) is 0 Å². The molecule has 1 saturated carbocycles. The van der Waals surface area contributed by atoms with Crippen LogP contribution < -0.4 is 0 Å². The van der Waals surface area contributed by atoms with E-state index in [1.807, 2.05) is 0 Å². The topological polar surface area (TPSA) is 30.7 Å². The fourth-order valence-corrected chi connectivity index (χ4v) is 3.56. The van der Waals surface area contributed by atoms with E-state index >= 15 is 0 Å². The van der Waals surface area contributed by atoms with Gasteiger partial charge in [0, 0.05) is 17.2 Å². The second kappa shape index (κ2) is 4.76. The third kappa shape index (κ3) is 2.23. The summed E-state index contributed by atoms with van der Waals surface area (Å²) in [6, 6.07) is 2.89. The molecule has 21 heavy (non-hydrogen) atoms. The van der Waals surface area contributed by atoms with Crippen molar-refractivity contribution in [3.63, 3.8) is 0 Å². The second-order valence-electron chi connectivity index (χ2n) is 5.37. The Balaban J connectivity index is 1.74. The van der Waals surface area contributed by atoms with Crippen molar-refractivity contribution in [3.8, 4) is 0 Å². The number of hydrogen-bond donors (Lipinski definition) is 0. The molecule has 0 amide bonds. The molecule has 0 radical (unpaired) electrons. The van der Waals surface area contributed by atoms with Crippen LogP contribution in [0, 0.1) is 11.6 Å². The Morgan fingerprint density at radius 2 is 1.90 bits per heavy atom. The Kier molecular flexibility index (Phi) is 2.99. The molecule has 1 aliphatic heterocycles. The highest BCUT2D eigenvalue weighted by Crippen LogP contribution is 2.44. The van der Waals surface area contributed by atoms with Crippen LogP contribution in [0.15, 0.2) is 23.4 Å². The van der Waals surface area contributed by atoms with E-state index in [0.717, 1.165) is 12.8 Å². The summed E-state index contributed by atoms with van der Waals surface area (Å²) in [4.78, 5) is 4.18. The third-order valence-electron chi connectivity index (χ3n) is 3.77. The number of hydrogen-bond acceptors (Lipinski definition) is 3. The minimum Gasteiger partial charge on any atom is -0.239 e. The molecule has 1 aromatic heterocycles. The van der Waals surface area contributed by atoms with Crippen molar-refractivity contribution >= 4 is 11.8 Å². The standard InChI is InChI=1S/C14H12F3N3S/c15-8-2-1-3-9(16)12(8)11-6-10(17)13-18-14(19-20(11)13)21-7-4-5-7/h1-3,7,10-11H,4-6H2. The highest BCUT2D eigenvalue weighted by Gasteiger charge is 2.38. The largest absolute Gasteiger partial charge is 0.239 e. The summed E-state index contributed by atoms with van der Waals surface area (Å²) in [6.45, 7) is 0. The van der Waals surface area contributed by atoms with Gasteiger partial charge in [-0.25, -0.2) is 22.8 Å². The zero-order chi connectivity index (χ0) is 14.6. The lowest BCUT2D eigenvalue weighted by molar-refractivity contribution is 0.323. The summed E-state index contributed by atoms with van der Waals surface area (Å²) in [6.07, 6.45) is 0.856. The number of halogens is 3. The summed E-state index contributed by atoms with van der Waals surface area (Å²) in [5.41, 5.74) is -0.133. The van der Waals surface area contributed by atoms with Gasteiger partial charge < -0.3 is 0 Å². The lowest BCUT2D eigenvalue weighted by atomic mass is 10.0. The van der Waals surface area contributed by atoms with Crippen LogP contribution >= 0.6 is 11.8 Å². The molecule has 3 nitrogen and oxygen atoms in total. The van der Waals surface area contributed by atoms with E-state index in [-0.39, 0.29) is 17.8 Å². The maximum Gasteiger partial charge on any atom is 0.209 e. The zero-order valence-corrected chi connectivity index (χ0v) is 11.8. The van der Waals surface area contributed by atoms with Crippen LogP contribution in [0.5, 0.6) is 0 Å². The van der Waals surface area contributed by atoms with Crippen LogP contribution in [0.25, 0.3) is 0 Å². The van der Waals surface area contributed by atoms with Crippen LogP contribution in [-0.4, -0.2) is 20.0 Å². The first-order valence-corrected chi connectivity index (χ1v) is 7.72. The molecule has 110 valence electrons. The predicted molar refractivity (Wildman–Crippen MR) is 71.9 cm³/mol. The molecule has 2 unspecified atom stereocenters. The summed E-state index contributed by atoms with van der Waals surface area (Å²) in [5, 5.41) is 5.25. The minimum atomic E-state index is -1.34. The molecule has 0 spiro atoms. The molecule has 4 rings (SSSR count). The molecule has 2 heterocycles. The number of alkyl halides is 1. The van der Waals surface area contributed by atoms with Gasteiger partial charge in [0.15, 0.2) is 12.0 Å². The fourth-order valence-electron chi connectivity index (χ4n) is 2.61. The first-order chi connectivity index (χ1) is 10.1. The zero-order valence-electron chi connectivity index (χ0n) is 11.0. The average molecular weight is 311 g/mol. The number of rotatable bonds is 3. The van der Waals surface area contributed by atoms with E-state index < -0.39 is 23.8 Å². The Labute approximate surface area is 123 Å². The summed E-state index contributed by atoms with van der Waals surface area (Å²) in [7, 11) is 0. The van der Waals surface area contributed by atoms with Crippen LogP contribution in [0.3, 0.4) is 0 Å². The van der Waals surface area contributed by atoms with Crippen LogP contribution in [0.4, 0.5) is 13.2 Å². The number of aromatic nitrogens is 3. The monoisotopic (exact) mass is 311 g/mol. The molecule has 2 atom stereocenters. The van der Waals surface area contributed by atoms with Crippen molar-refractivity contribution in [3.05, 3.63) is 41.2 Å². The van der Waals surface area contributed by atoms with Crippen molar-refractivity contribution in [1.82, 2.24) is 14.8 Å².